The number of halogens is 1. The molecule has 1 atom stereocenters. The first kappa shape index (κ1) is 15.5. The van der Waals surface area contributed by atoms with E-state index in [9.17, 15) is 19.1 Å². The number of carboxylic acid groups (broad SMARTS) is 1. The molecule has 1 aliphatic rings. The van der Waals surface area contributed by atoms with Crippen LogP contribution in [0, 0.1) is 5.82 Å². The Labute approximate surface area is 123 Å². The zero-order valence-corrected chi connectivity index (χ0v) is 12.1. The number of amides is 1. The lowest BCUT2D eigenvalue weighted by Crippen LogP contribution is -2.52. The first-order valence-corrected chi connectivity index (χ1v) is 7.23. The molecule has 1 aromatic carbocycles. The van der Waals surface area contributed by atoms with Crippen molar-refractivity contribution in [3.8, 4) is 0 Å². The summed E-state index contributed by atoms with van der Waals surface area (Å²) in [5.74, 6) is -1.76. The number of benzene rings is 1. The first-order chi connectivity index (χ1) is 9.93. The standard InChI is InChI=1S/C16H20FNO3/c1-11(12-5-4-6-13(17)10-12)9-14(19)18-16(15(20)21)7-2-3-8-16/h4-6,10-11H,2-3,7-9H2,1H3,(H,18,19)(H,20,21). The van der Waals surface area contributed by atoms with Crippen LogP contribution in [0.15, 0.2) is 24.3 Å². The number of carbonyl (C=O) groups is 2. The summed E-state index contributed by atoms with van der Waals surface area (Å²) in [6.45, 7) is 1.83. The highest BCUT2D eigenvalue weighted by Crippen LogP contribution is 2.30. The van der Waals surface area contributed by atoms with Crippen molar-refractivity contribution in [2.45, 2.75) is 50.5 Å². The second kappa shape index (κ2) is 6.24. The Balaban J connectivity index is 1.99. The van der Waals surface area contributed by atoms with Crippen molar-refractivity contribution >= 4 is 11.9 Å². The van der Waals surface area contributed by atoms with E-state index in [-0.39, 0.29) is 24.1 Å². The van der Waals surface area contributed by atoms with Gasteiger partial charge in [-0.15, -0.1) is 0 Å². The number of hydrogen-bond acceptors (Lipinski definition) is 2. The van der Waals surface area contributed by atoms with Crippen LogP contribution >= 0.6 is 0 Å². The molecule has 1 unspecified atom stereocenters. The molecule has 4 nitrogen and oxygen atoms in total. The molecule has 0 heterocycles. The largest absolute Gasteiger partial charge is 0.480 e. The number of carbonyl (C=O) groups excluding carboxylic acids is 1. The lowest BCUT2D eigenvalue weighted by molar-refractivity contribution is -0.147. The van der Waals surface area contributed by atoms with Gasteiger partial charge in [-0.2, -0.15) is 0 Å². The highest BCUT2D eigenvalue weighted by atomic mass is 19.1. The SMILES string of the molecule is CC(CC(=O)NC1(C(=O)O)CCCC1)c1cccc(F)c1. The third-order valence-corrected chi connectivity index (χ3v) is 4.15. The van der Waals surface area contributed by atoms with Crippen molar-refractivity contribution in [3.05, 3.63) is 35.6 Å². The number of hydrogen-bond donors (Lipinski definition) is 2. The maximum Gasteiger partial charge on any atom is 0.329 e. The second-order valence-corrected chi connectivity index (χ2v) is 5.80. The Bertz CT molecular complexity index is 538. The van der Waals surface area contributed by atoms with Crippen molar-refractivity contribution in [2.75, 3.05) is 0 Å². The minimum atomic E-state index is -1.11. The van der Waals surface area contributed by atoms with Gasteiger partial charge in [0.15, 0.2) is 0 Å². The van der Waals surface area contributed by atoms with E-state index in [1.807, 2.05) is 6.92 Å². The molecule has 2 N–H and O–H groups in total. The highest BCUT2D eigenvalue weighted by molar-refractivity contribution is 5.87. The molecule has 5 heteroatoms. The predicted molar refractivity (Wildman–Crippen MR) is 76.4 cm³/mol. The van der Waals surface area contributed by atoms with Crippen LogP contribution in [0.4, 0.5) is 4.39 Å². The molecular formula is C16H20FNO3. The van der Waals surface area contributed by atoms with Crippen molar-refractivity contribution in [2.24, 2.45) is 0 Å². The molecule has 114 valence electrons. The van der Waals surface area contributed by atoms with Crippen LogP contribution in [0.5, 0.6) is 0 Å². The van der Waals surface area contributed by atoms with Crippen molar-refractivity contribution in [3.63, 3.8) is 0 Å². The molecule has 1 fully saturated rings. The van der Waals surface area contributed by atoms with Gasteiger partial charge >= 0.3 is 5.97 Å². The van der Waals surface area contributed by atoms with Crippen LogP contribution in [-0.4, -0.2) is 22.5 Å². The van der Waals surface area contributed by atoms with Crippen LogP contribution < -0.4 is 5.32 Å². The third kappa shape index (κ3) is 3.60. The van der Waals surface area contributed by atoms with E-state index < -0.39 is 11.5 Å². The monoisotopic (exact) mass is 293 g/mol. The minimum absolute atomic E-state index is 0.151. The fourth-order valence-electron chi connectivity index (χ4n) is 2.90. The molecule has 2 rings (SSSR count). The van der Waals surface area contributed by atoms with Crippen LogP contribution in [0.1, 0.15) is 50.5 Å². The summed E-state index contributed by atoms with van der Waals surface area (Å²) in [7, 11) is 0. The first-order valence-electron chi connectivity index (χ1n) is 7.23. The number of rotatable bonds is 5. The summed E-state index contributed by atoms with van der Waals surface area (Å²) in [5.41, 5.74) is -0.375. The molecule has 0 spiro atoms. The highest BCUT2D eigenvalue weighted by Gasteiger charge is 2.42. The molecule has 0 radical (unpaired) electrons. The topological polar surface area (TPSA) is 66.4 Å². The van der Waals surface area contributed by atoms with Crippen LogP contribution in [0.2, 0.25) is 0 Å². The number of carboxylic acids is 1. The van der Waals surface area contributed by atoms with E-state index >= 15 is 0 Å². The maximum absolute atomic E-state index is 13.2. The van der Waals surface area contributed by atoms with Gasteiger partial charge in [0.1, 0.15) is 11.4 Å². The van der Waals surface area contributed by atoms with Gasteiger partial charge in [-0.25, -0.2) is 9.18 Å². The molecule has 1 amide bonds. The van der Waals surface area contributed by atoms with E-state index in [0.717, 1.165) is 18.4 Å². The van der Waals surface area contributed by atoms with Gasteiger partial charge in [-0.3, -0.25) is 4.79 Å². The summed E-state index contributed by atoms with van der Waals surface area (Å²) in [5, 5.41) is 12.0. The average molecular weight is 293 g/mol. The van der Waals surface area contributed by atoms with Gasteiger partial charge in [0.2, 0.25) is 5.91 Å². The summed E-state index contributed by atoms with van der Waals surface area (Å²) < 4.78 is 13.2. The molecule has 0 aliphatic heterocycles. The van der Waals surface area contributed by atoms with E-state index in [1.54, 1.807) is 12.1 Å². The predicted octanol–water partition coefficient (Wildman–Crippen LogP) is 2.83. The summed E-state index contributed by atoms with van der Waals surface area (Å²) >= 11 is 0. The molecule has 1 aromatic rings. The molecule has 1 aliphatic carbocycles. The maximum atomic E-state index is 13.2. The van der Waals surface area contributed by atoms with Crippen LogP contribution in [-0.2, 0) is 9.59 Å². The Morgan fingerprint density at radius 3 is 2.62 bits per heavy atom. The summed E-state index contributed by atoms with van der Waals surface area (Å²) in [6.07, 6.45) is 2.72. The van der Waals surface area contributed by atoms with Gasteiger partial charge < -0.3 is 10.4 Å². The van der Waals surface area contributed by atoms with Gasteiger partial charge in [0.05, 0.1) is 0 Å². The van der Waals surface area contributed by atoms with Crippen LogP contribution in [0.25, 0.3) is 0 Å². The number of nitrogens with one attached hydrogen (secondary N) is 1. The molecule has 0 bridgehead atoms. The third-order valence-electron chi connectivity index (χ3n) is 4.15. The molecule has 0 aromatic heterocycles. The Morgan fingerprint density at radius 1 is 1.38 bits per heavy atom. The quantitative estimate of drug-likeness (QED) is 0.877. The van der Waals surface area contributed by atoms with Gasteiger partial charge in [-0.1, -0.05) is 31.9 Å². The number of aliphatic carboxylic acids is 1. The van der Waals surface area contributed by atoms with E-state index in [2.05, 4.69) is 5.32 Å². The van der Waals surface area contributed by atoms with Crippen molar-refractivity contribution < 1.29 is 19.1 Å². The van der Waals surface area contributed by atoms with E-state index in [4.69, 9.17) is 0 Å². The van der Waals surface area contributed by atoms with Crippen LogP contribution in [0.3, 0.4) is 0 Å². The zero-order valence-electron chi connectivity index (χ0n) is 12.1. The molecular weight excluding hydrogens is 273 g/mol. The minimum Gasteiger partial charge on any atom is -0.480 e. The Morgan fingerprint density at radius 2 is 2.05 bits per heavy atom. The van der Waals surface area contributed by atoms with Gasteiger partial charge in [-0.05, 0) is 36.5 Å². The molecule has 21 heavy (non-hydrogen) atoms. The Hall–Kier alpha value is -1.91. The van der Waals surface area contributed by atoms with E-state index in [0.29, 0.717) is 12.8 Å². The lowest BCUT2D eigenvalue weighted by atomic mass is 9.94. The molecule has 0 saturated heterocycles. The van der Waals surface area contributed by atoms with Crippen molar-refractivity contribution in [1.82, 2.24) is 5.32 Å². The fraction of sp³-hybridized carbons (Fsp3) is 0.500. The second-order valence-electron chi connectivity index (χ2n) is 5.80. The molecule has 1 saturated carbocycles. The zero-order chi connectivity index (χ0) is 15.5. The lowest BCUT2D eigenvalue weighted by Gasteiger charge is -2.26. The van der Waals surface area contributed by atoms with Gasteiger partial charge in [0, 0.05) is 6.42 Å². The Kier molecular flexibility index (Phi) is 4.60. The smallest absolute Gasteiger partial charge is 0.329 e. The van der Waals surface area contributed by atoms with Crippen molar-refractivity contribution in [1.29, 1.82) is 0 Å². The van der Waals surface area contributed by atoms with Gasteiger partial charge in [0.25, 0.3) is 0 Å². The average Bonchev–Trinajstić information content (AvgIpc) is 2.88. The normalized spacial score (nSPS) is 18.2. The summed E-state index contributed by atoms with van der Waals surface area (Å²) in [4.78, 5) is 23.5. The summed E-state index contributed by atoms with van der Waals surface area (Å²) in [6, 6.07) is 6.13. The fourth-order valence-corrected chi connectivity index (χ4v) is 2.90. The van der Waals surface area contributed by atoms with E-state index in [1.165, 1.54) is 12.1 Å².